The van der Waals surface area contributed by atoms with E-state index in [1.807, 2.05) is 13.0 Å². The lowest BCUT2D eigenvalue weighted by Crippen LogP contribution is -2.01. The molecule has 0 amide bonds. The molecule has 96 valence electrons. The minimum absolute atomic E-state index is 0.00505. The first-order chi connectivity index (χ1) is 9.19. The molecule has 0 aliphatic heterocycles. The van der Waals surface area contributed by atoms with Gasteiger partial charge in [-0.1, -0.05) is 0 Å². The number of ketones is 1. The number of thiophene rings is 1. The molecule has 2 aromatic heterocycles. The molecule has 3 aromatic rings. The summed E-state index contributed by atoms with van der Waals surface area (Å²) in [6, 6.07) is 9.08. The lowest BCUT2D eigenvalue weighted by molar-refractivity contribution is 0.103. The highest BCUT2D eigenvalue weighted by Gasteiger charge is 2.13. The predicted octanol–water partition coefficient (Wildman–Crippen LogP) is 3.78. The molecule has 1 aromatic carbocycles. The first kappa shape index (κ1) is 12.0. The van der Waals surface area contributed by atoms with Crippen molar-refractivity contribution in [2.75, 3.05) is 7.11 Å². The third-order valence-electron chi connectivity index (χ3n) is 3.16. The minimum atomic E-state index is 0.00505. The summed E-state index contributed by atoms with van der Waals surface area (Å²) in [5, 5.41) is 3.21. The largest absolute Gasteiger partial charge is 0.497 e. The van der Waals surface area contributed by atoms with Gasteiger partial charge < -0.3 is 9.72 Å². The molecule has 3 rings (SSSR count). The van der Waals surface area contributed by atoms with Crippen LogP contribution in [0.15, 0.2) is 35.7 Å². The number of aryl methyl sites for hydroxylation is 1. The van der Waals surface area contributed by atoms with E-state index in [-0.39, 0.29) is 5.78 Å². The van der Waals surface area contributed by atoms with Crippen molar-refractivity contribution in [2.45, 2.75) is 6.92 Å². The van der Waals surface area contributed by atoms with Gasteiger partial charge in [0.25, 0.3) is 0 Å². The van der Waals surface area contributed by atoms with Crippen molar-refractivity contribution in [3.63, 3.8) is 0 Å². The van der Waals surface area contributed by atoms with E-state index >= 15 is 0 Å². The molecule has 0 unspecified atom stereocenters. The zero-order chi connectivity index (χ0) is 13.4. The molecule has 19 heavy (non-hydrogen) atoms. The molecule has 4 heteroatoms. The molecule has 1 N–H and O–H groups in total. The number of rotatable bonds is 3. The topological polar surface area (TPSA) is 42.1 Å². The smallest absolute Gasteiger partial charge is 0.209 e. The second-order valence-corrected chi connectivity index (χ2v) is 5.28. The third-order valence-corrected chi connectivity index (χ3v) is 4.19. The number of nitrogens with one attached hydrogen (secondary N) is 1. The fourth-order valence-electron chi connectivity index (χ4n) is 2.05. The number of aromatic nitrogens is 1. The summed E-state index contributed by atoms with van der Waals surface area (Å²) in [5.74, 6) is 0.755. The Balaban J connectivity index is 1.97. The second-order valence-electron chi connectivity index (χ2n) is 4.40. The van der Waals surface area contributed by atoms with E-state index in [9.17, 15) is 4.79 Å². The van der Waals surface area contributed by atoms with Crippen LogP contribution < -0.4 is 4.74 Å². The molecule has 3 nitrogen and oxygen atoms in total. The predicted molar refractivity (Wildman–Crippen MR) is 77.3 cm³/mol. The van der Waals surface area contributed by atoms with Gasteiger partial charge in [-0.3, -0.25) is 4.79 Å². The summed E-state index contributed by atoms with van der Waals surface area (Å²) in [6.45, 7) is 2.05. The van der Waals surface area contributed by atoms with Crippen LogP contribution in [0.4, 0.5) is 0 Å². The van der Waals surface area contributed by atoms with Crippen LogP contribution in [0.1, 0.15) is 21.6 Å². The number of methoxy groups -OCH3 is 1. The molecule has 0 aliphatic carbocycles. The first-order valence-electron chi connectivity index (χ1n) is 5.94. The molecule has 0 bridgehead atoms. The number of fused-ring (bicyclic) bond motifs is 1. The van der Waals surface area contributed by atoms with Crippen molar-refractivity contribution < 1.29 is 9.53 Å². The normalized spacial score (nSPS) is 10.8. The van der Waals surface area contributed by atoms with Gasteiger partial charge in [0.2, 0.25) is 5.78 Å². The molecule has 0 saturated heterocycles. The van der Waals surface area contributed by atoms with Crippen LogP contribution in [0.5, 0.6) is 5.75 Å². The van der Waals surface area contributed by atoms with Gasteiger partial charge in [0, 0.05) is 10.9 Å². The Morgan fingerprint density at radius 2 is 2.00 bits per heavy atom. The maximum atomic E-state index is 12.4. The molecule has 0 saturated carbocycles. The van der Waals surface area contributed by atoms with Crippen LogP contribution in [-0.2, 0) is 0 Å². The summed E-state index contributed by atoms with van der Waals surface area (Å²) >= 11 is 1.63. The van der Waals surface area contributed by atoms with Gasteiger partial charge in [-0.15, -0.1) is 11.3 Å². The zero-order valence-electron chi connectivity index (χ0n) is 10.7. The average molecular weight is 271 g/mol. The number of carbonyl (C=O) groups is 1. The van der Waals surface area contributed by atoms with Gasteiger partial charge in [-0.2, -0.15) is 0 Å². The van der Waals surface area contributed by atoms with Crippen molar-refractivity contribution >= 4 is 27.3 Å². The van der Waals surface area contributed by atoms with E-state index in [2.05, 4.69) is 10.4 Å². The molecular formula is C15H13NO2S. The number of hydrogen-bond donors (Lipinski definition) is 1. The number of benzene rings is 1. The van der Waals surface area contributed by atoms with Gasteiger partial charge in [0.15, 0.2) is 0 Å². The van der Waals surface area contributed by atoms with Crippen LogP contribution in [0.25, 0.3) is 10.2 Å². The van der Waals surface area contributed by atoms with Gasteiger partial charge >= 0.3 is 0 Å². The van der Waals surface area contributed by atoms with Crippen molar-refractivity contribution in [2.24, 2.45) is 0 Å². The monoisotopic (exact) mass is 271 g/mol. The van der Waals surface area contributed by atoms with Gasteiger partial charge in [0.05, 0.1) is 12.8 Å². The van der Waals surface area contributed by atoms with Crippen molar-refractivity contribution in [3.8, 4) is 5.75 Å². The highest BCUT2D eigenvalue weighted by atomic mass is 32.1. The van der Waals surface area contributed by atoms with E-state index in [1.54, 1.807) is 42.7 Å². The van der Waals surface area contributed by atoms with E-state index in [0.29, 0.717) is 11.3 Å². The molecular weight excluding hydrogens is 258 g/mol. The first-order valence-corrected chi connectivity index (χ1v) is 6.82. The summed E-state index contributed by atoms with van der Waals surface area (Å²) in [7, 11) is 1.61. The number of H-pyrrole nitrogens is 1. The highest BCUT2D eigenvalue weighted by Crippen LogP contribution is 2.26. The van der Waals surface area contributed by atoms with Crippen molar-refractivity contribution in [1.29, 1.82) is 0 Å². The van der Waals surface area contributed by atoms with Crippen LogP contribution in [0.2, 0.25) is 0 Å². The lowest BCUT2D eigenvalue weighted by atomic mass is 10.1. The van der Waals surface area contributed by atoms with E-state index in [1.165, 1.54) is 5.56 Å². The lowest BCUT2D eigenvalue weighted by Gasteiger charge is -2.01. The summed E-state index contributed by atoms with van der Waals surface area (Å²) < 4.78 is 5.09. The SMILES string of the molecule is COc1ccc(C(=O)c2cc3c(C)csc3[nH]2)cc1. The average Bonchev–Trinajstić information content (AvgIpc) is 3.01. The number of carbonyl (C=O) groups excluding carboxylic acids is 1. The van der Waals surface area contributed by atoms with E-state index < -0.39 is 0 Å². The summed E-state index contributed by atoms with van der Waals surface area (Å²) in [6.07, 6.45) is 0. The van der Waals surface area contributed by atoms with Gasteiger partial charge in [0.1, 0.15) is 10.6 Å². The molecule has 0 spiro atoms. The van der Waals surface area contributed by atoms with E-state index in [0.717, 1.165) is 16.0 Å². The summed E-state index contributed by atoms with van der Waals surface area (Å²) in [4.78, 5) is 16.6. The minimum Gasteiger partial charge on any atom is -0.497 e. The maximum Gasteiger partial charge on any atom is 0.209 e. The Labute approximate surface area is 114 Å². The third kappa shape index (κ3) is 2.04. The Morgan fingerprint density at radius 3 is 2.63 bits per heavy atom. The van der Waals surface area contributed by atoms with Crippen molar-refractivity contribution in [1.82, 2.24) is 4.98 Å². The van der Waals surface area contributed by atoms with Gasteiger partial charge in [-0.05, 0) is 48.2 Å². The summed E-state index contributed by atoms with van der Waals surface area (Å²) in [5.41, 5.74) is 2.49. The van der Waals surface area contributed by atoms with Crippen molar-refractivity contribution in [3.05, 3.63) is 52.5 Å². The number of aromatic amines is 1. The van der Waals surface area contributed by atoms with Gasteiger partial charge in [-0.25, -0.2) is 0 Å². The maximum absolute atomic E-state index is 12.4. The standard InChI is InChI=1S/C15H13NO2S/c1-9-8-19-15-12(9)7-13(16-15)14(17)10-3-5-11(18-2)6-4-10/h3-8,16H,1-2H3. The highest BCUT2D eigenvalue weighted by molar-refractivity contribution is 7.17. The Bertz CT molecular complexity index is 737. The molecule has 2 heterocycles. The van der Waals surface area contributed by atoms with Crippen LogP contribution in [0.3, 0.4) is 0 Å². The Morgan fingerprint density at radius 1 is 1.26 bits per heavy atom. The second kappa shape index (κ2) is 4.55. The molecule has 0 fully saturated rings. The van der Waals surface area contributed by atoms with Crippen LogP contribution >= 0.6 is 11.3 Å². The van der Waals surface area contributed by atoms with E-state index in [4.69, 9.17) is 4.74 Å². The van der Waals surface area contributed by atoms with Crippen LogP contribution in [-0.4, -0.2) is 17.9 Å². The number of ether oxygens (including phenoxy) is 1. The zero-order valence-corrected chi connectivity index (χ0v) is 11.5. The molecule has 0 radical (unpaired) electrons. The Kier molecular flexibility index (Phi) is 2.87. The number of hydrogen-bond acceptors (Lipinski definition) is 3. The Hall–Kier alpha value is -2.07. The molecule has 0 aliphatic rings. The van der Waals surface area contributed by atoms with Crippen LogP contribution in [0, 0.1) is 6.92 Å². The quantitative estimate of drug-likeness (QED) is 0.737. The molecule has 0 atom stereocenters. The fraction of sp³-hybridized carbons (Fsp3) is 0.133. The fourth-order valence-corrected chi connectivity index (χ4v) is 2.99.